The van der Waals surface area contributed by atoms with Crippen LogP contribution >= 0.6 is 12.6 Å². The molecule has 1 aromatic carbocycles. The molecule has 1 heterocycles. The van der Waals surface area contributed by atoms with E-state index in [9.17, 15) is 10.1 Å². The van der Waals surface area contributed by atoms with E-state index in [2.05, 4.69) is 22.8 Å². The van der Waals surface area contributed by atoms with Crippen molar-refractivity contribution in [2.75, 3.05) is 0 Å². The van der Waals surface area contributed by atoms with Gasteiger partial charge < -0.3 is 4.42 Å². The first-order chi connectivity index (χ1) is 7.16. The molecule has 1 radical (unpaired) electrons. The van der Waals surface area contributed by atoms with Gasteiger partial charge in [0.1, 0.15) is 0 Å². The summed E-state index contributed by atoms with van der Waals surface area (Å²) in [5.74, 6) is 0.259. The van der Waals surface area contributed by atoms with Gasteiger partial charge in [0, 0.05) is 17.7 Å². The lowest BCUT2D eigenvalue weighted by Gasteiger charge is -1.93. The monoisotopic (exact) mass is 222 g/mol. The second kappa shape index (κ2) is 3.62. The number of hydrogen-bond donors (Lipinski definition) is 0. The molecule has 0 aliphatic carbocycles. The van der Waals surface area contributed by atoms with E-state index in [-0.39, 0.29) is 16.8 Å². The molecular formula is C8H4N3O3S. The third kappa shape index (κ3) is 1.91. The lowest BCUT2D eigenvalue weighted by Crippen LogP contribution is -1.87. The Morgan fingerprint density at radius 2 is 1.93 bits per heavy atom. The third-order valence-electron chi connectivity index (χ3n) is 1.73. The summed E-state index contributed by atoms with van der Waals surface area (Å²) in [6.45, 7) is 0. The Bertz CT molecular complexity index is 494. The highest BCUT2D eigenvalue weighted by molar-refractivity contribution is 7.80. The van der Waals surface area contributed by atoms with Crippen molar-refractivity contribution in [1.82, 2.24) is 10.2 Å². The summed E-state index contributed by atoms with van der Waals surface area (Å²) in [5.41, 5.74) is 0.612. The predicted octanol–water partition coefficient (Wildman–Crippen LogP) is 2.20. The van der Waals surface area contributed by atoms with Gasteiger partial charge in [-0.15, -0.1) is 5.10 Å². The van der Waals surface area contributed by atoms with Gasteiger partial charge in [-0.1, -0.05) is 5.10 Å². The molecule has 0 saturated heterocycles. The maximum atomic E-state index is 10.4. The summed E-state index contributed by atoms with van der Waals surface area (Å²) in [6, 6.07) is 5.78. The van der Waals surface area contributed by atoms with Crippen LogP contribution in [0.5, 0.6) is 0 Å². The summed E-state index contributed by atoms with van der Waals surface area (Å²) >= 11 is 4.65. The molecule has 0 bridgehead atoms. The van der Waals surface area contributed by atoms with Gasteiger partial charge in [0.15, 0.2) is 0 Å². The zero-order valence-corrected chi connectivity index (χ0v) is 8.10. The molecule has 2 rings (SSSR count). The standard InChI is InChI=1S/C8H4N3O3S/c12-11(13)6-3-1-5(2-4-6)7-9-10-8(15)14-7/h1-4H. The van der Waals surface area contributed by atoms with Crippen molar-refractivity contribution in [2.45, 2.75) is 5.22 Å². The smallest absolute Gasteiger partial charge is 0.309 e. The Morgan fingerprint density at radius 3 is 2.40 bits per heavy atom. The average Bonchev–Trinajstić information content (AvgIpc) is 2.65. The molecule has 0 amide bonds. The fourth-order valence-electron chi connectivity index (χ4n) is 1.05. The van der Waals surface area contributed by atoms with Gasteiger partial charge in [0.05, 0.1) is 4.92 Å². The van der Waals surface area contributed by atoms with Gasteiger partial charge in [0.25, 0.3) is 5.69 Å². The summed E-state index contributed by atoms with van der Waals surface area (Å²) in [6.07, 6.45) is 0. The number of nitro benzene ring substituents is 1. The van der Waals surface area contributed by atoms with Gasteiger partial charge in [0.2, 0.25) is 5.89 Å². The van der Waals surface area contributed by atoms with Crippen LogP contribution in [0, 0.1) is 10.1 Å². The van der Waals surface area contributed by atoms with Crippen LogP contribution in [-0.2, 0) is 0 Å². The van der Waals surface area contributed by atoms with Crippen molar-refractivity contribution in [3.63, 3.8) is 0 Å². The Labute approximate surface area is 89.5 Å². The van der Waals surface area contributed by atoms with Gasteiger partial charge in [-0.05, 0) is 24.8 Å². The minimum Gasteiger partial charge on any atom is -0.408 e. The molecule has 0 fully saturated rings. The van der Waals surface area contributed by atoms with E-state index in [0.717, 1.165) is 0 Å². The zero-order chi connectivity index (χ0) is 10.8. The highest BCUT2D eigenvalue weighted by atomic mass is 32.1. The van der Waals surface area contributed by atoms with Crippen LogP contribution in [0.1, 0.15) is 0 Å². The molecule has 6 nitrogen and oxygen atoms in total. The molecule has 0 atom stereocenters. The van der Waals surface area contributed by atoms with Crippen LogP contribution in [0.3, 0.4) is 0 Å². The normalized spacial score (nSPS) is 10.1. The van der Waals surface area contributed by atoms with Gasteiger partial charge in [-0.3, -0.25) is 10.1 Å². The van der Waals surface area contributed by atoms with E-state index >= 15 is 0 Å². The number of nitrogens with zero attached hydrogens (tertiary/aromatic N) is 3. The van der Waals surface area contributed by atoms with E-state index < -0.39 is 4.92 Å². The Morgan fingerprint density at radius 1 is 1.27 bits per heavy atom. The molecule has 15 heavy (non-hydrogen) atoms. The fourth-order valence-corrected chi connectivity index (χ4v) is 1.17. The molecule has 0 unspecified atom stereocenters. The Balaban J connectivity index is 2.35. The first-order valence-electron chi connectivity index (χ1n) is 3.92. The zero-order valence-electron chi connectivity index (χ0n) is 7.28. The molecule has 0 spiro atoms. The highest BCUT2D eigenvalue weighted by Gasteiger charge is 2.09. The van der Waals surface area contributed by atoms with Gasteiger partial charge in [-0.25, -0.2) is 0 Å². The van der Waals surface area contributed by atoms with Crippen LogP contribution in [-0.4, -0.2) is 15.1 Å². The van der Waals surface area contributed by atoms with Crippen molar-refractivity contribution in [3.8, 4) is 11.5 Å². The Hall–Kier alpha value is -2.02. The minimum atomic E-state index is -0.476. The van der Waals surface area contributed by atoms with Crippen molar-refractivity contribution in [3.05, 3.63) is 34.4 Å². The van der Waals surface area contributed by atoms with Crippen molar-refractivity contribution in [2.24, 2.45) is 0 Å². The van der Waals surface area contributed by atoms with Crippen molar-refractivity contribution >= 4 is 18.3 Å². The number of benzene rings is 1. The molecule has 0 saturated carbocycles. The topological polar surface area (TPSA) is 82.1 Å². The van der Waals surface area contributed by atoms with Crippen molar-refractivity contribution in [1.29, 1.82) is 0 Å². The quantitative estimate of drug-likeness (QED) is 0.574. The van der Waals surface area contributed by atoms with E-state index in [1.807, 2.05) is 0 Å². The first-order valence-corrected chi connectivity index (χ1v) is 4.33. The summed E-state index contributed by atoms with van der Waals surface area (Å²) in [7, 11) is 0. The molecular weight excluding hydrogens is 218 g/mol. The highest BCUT2D eigenvalue weighted by Crippen LogP contribution is 2.21. The maximum Gasteiger partial charge on any atom is 0.309 e. The minimum absolute atomic E-state index is 0.0110. The van der Waals surface area contributed by atoms with Crippen LogP contribution < -0.4 is 0 Å². The third-order valence-corrected chi connectivity index (χ3v) is 1.90. The Kier molecular flexibility index (Phi) is 2.30. The van der Waals surface area contributed by atoms with Crippen molar-refractivity contribution < 1.29 is 9.34 Å². The van der Waals surface area contributed by atoms with Gasteiger partial charge >= 0.3 is 5.22 Å². The molecule has 0 N–H and O–H groups in total. The van der Waals surface area contributed by atoms with E-state index in [4.69, 9.17) is 4.42 Å². The molecule has 75 valence electrons. The van der Waals surface area contributed by atoms with Crippen LogP contribution in [0.15, 0.2) is 33.9 Å². The first kappa shape index (κ1) is 9.53. The maximum absolute atomic E-state index is 10.4. The van der Waals surface area contributed by atoms with E-state index in [1.165, 1.54) is 24.3 Å². The van der Waals surface area contributed by atoms with Crippen LogP contribution in [0.4, 0.5) is 5.69 Å². The van der Waals surface area contributed by atoms with Crippen LogP contribution in [0.2, 0.25) is 0 Å². The summed E-state index contributed by atoms with van der Waals surface area (Å²) in [5, 5.41) is 17.6. The number of nitro groups is 1. The molecule has 2 aromatic rings. The summed E-state index contributed by atoms with van der Waals surface area (Å²) in [4.78, 5) is 9.91. The second-order valence-electron chi connectivity index (χ2n) is 2.68. The second-order valence-corrected chi connectivity index (χ2v) is 3.03. The average molecular weight is 222 g/mol. The van der Waals surface area contributed by atoms with Gasteiger partial charge in [-0.2, -0.15) is 0 Å². The predicted molar refractivity (Wildman–Crippen MR) is 52.2 cm³/mol. The van der Waals surface area contributed by atoms with Crippen LogP contribution in [0.25, 0.3) is 11.5 Å². The summed E-state index contributed by atoms with van der Waals surface area (Å²) < 4.78 is 4.99. The number of aromatic nitrogens is 2. The molecule has 0 aliphatic heterocycles. The lowest BCUT2D eigenvalue weighted by atomic mass is 10.2. The SMILES string of the molecule is O=[N+]([O-])c1ccc(-c2nnc([S])o2)cc1. The molecule has 1 aromatic heterocycles. The van der Waals surface area contributed by atoms with E-state index in [0.29, 0.717) is 5.56 Å². The number of non-ortho nitro benzene ring substituents is 1. The number of hydrogen-bond acceptors (Lipinski definition) is 5. The fraction of sp³-hybridized carbons (Fsp3) is 0. The molecule has 0 aliphatic rings. The molecule has 7 heteroatoms. The lowest BCUT2D eigenvalue weighted by molar-refractivity contribution is -0.384. The largest absolute Gasteiger partial charge is 0.408 e. The van der Waals surface area contributed by atoms with E-state index in [1.54, 1.807) is 0 Å². The number of rotatable bonds is 2.